The standard InChI is InChI=1S/C16H34N4.HI/c1-4-5-11-18-16(17-3)19-12-7-9-14-20-13-8-6-10-15(20)2;/h15H,4-14H2,1-3H3,(H2,17,18,19);1H. The summed E-state index contributed by atoms with van der Waals surface area (Å²) < 4.78 is 0. The van der Waals surface area contributed by atoms with Gasteiger partial charge in [-0.05, 0) is 52.1 Å². The fraction of sp³-hybridized carbons (Fsp3) is 0.938. The lowest BCUT2D eigenvalue weighted by Crippen LogP contribution is -2.39. The van der Waals surface area contributed by atoms with Crippen molar-refractivity contribution in [1.82, 2.24) is 15.5 Å². The lowest BCUT2D eigenvalue weighted by Gasteiger charge is -2.33. The summed E-state index contributed by atoms with van der Waals surface area (Å²) in [5.41, 5.74) is 0. The fourth-order valence-electron chi connectivity index (χ4n) is 2.74. The van der Waals surface area contributed by atoms with Crippen molar-refractivity contribution < 1.29 is 0 Å². The molecule has 0 aliphatic carbocycles. The van der Waals surface area contributed by atoms with Crippen molar-refractivity contribution in [3.8, 4) is 0 Å². The highest BCUT2D eigenvalue weighted by molar-refractivity contribution is 14.0. The van der Waals surface area contributed by atoms with Gasteiger partial charge in [0.1, 0.15) is 0 Å². The Bertz CT molecular complexity index is 271. The molecule has 2 N–H and O–H groups in total. The minimum Gasteiger partial charge on any atom is -0.356 e. The number of aliphatic imine (C=N–C) groups is 1. The van der Waals surface area contributed by atoms with Crippen LogP contribution in [0.5, 0.6) is 0 Å². The zero-order valence-electron chi connectivity index (χ0n) is 14.2. The number of piperidine rings is 1. The van der Waals surface area contributed by atoms with E-state index < -0.39 is 0 Å². The number of likely N-dealkylation sites (tertiary alicyclic amines) is 1. The molecule has 0 aromatic rings. The molecule has 126 valence electrons. The van der Waals surface area contributed by atoms with E-state index in [0.29, 0.717) is 0 Å². The van der Waals surface area contributed by atoms with E-state index >= 15 is 0 Å². The number of hydrogen-bond donors (Lipinski definition) is 2. The summed E-state index contributed by atoms with van der Waals surface area (Å²) in [7, 11) is 1.84. The normalized spacial score (nSPS) is 20.0. The number of rotatable bonds is 8. The van der Waals surface area contributed by atoms with Crippen LogP contribution < -0.4 is 10.6 Å². The summed E-state index contributed by atoms with van der Waals surface area (Å²) in [5, 5.41) is 6.74. The lowest BCUT2D eigenvalue weighted by molar-refractivity contribution is 0.158. The molecule has 1 rings (SSSR count). The van der Waals surface area contributed by atoms with E-state index in [1.807, 2.05) is 7.05 Å². The molecule has 1 aliphatic heterocycles. The number of nitrogens with zero attached hydrogens (tertiary/aromatic N) is 2. The van der Waals surface area contributed by atoms with Crippen molar-refractivity contribution in [1.29, 1.82) is 0 Å². The molecule has 0 saturated carbocycles. The summed E-state index contributed by atoms with van der Waals surface area (Å²) in [6.45, 7) is 9.17. The van der Waals surface area contributed by atoms with Gasteiger partial charge < -0.3 is 15.5 Å². The second kappa shape index (κ2) is 13.6. The molecule has 5 heteroatoms. The second-order valence-electron chi connectivity index (χ2n) is 5.87. The molecule has 1 heterocycles. The first-order valence-corrected chi connectivity index (χ1v) is 8.46. The second-order valence-corrected chi connectivity index (χ2v) is 5.87. The molecule has 0 bridgehead atoms. The van der Waals surface area contributed by atoms with Crippen LogP contribution in [0.3, 0.4) is 0 Å². The van der Waals surface area contributed by atoms with Crippen LogP contribution in [0, 0.1) is 0 Å². The summed E-state index contributed by atoms with van der Waals surface area (Å²) in [6.07, 6.45) is 9.11. The van der Waals surface area contributed by atoms with Gasteiger partial charge in [0.25, 0.3) is 0 Å². The van der Waals surface area contributed by atoms with E-state index in [1.165, 1.54) is 58.0 Å². The Morgan fingerprint density at radius 3 is 2.48 bits per heavy atom. The average molecular weight is 410 g/mol. The third kappa shape index (κ3) is 9.55. The molecule has 4 nitrogen and oxygen atoms in total. The van der Waals surface area contributed by atoms with Gasteiger partial charge in [-0.15, -0.1) is 24.0 Å². The quantitative estimate of drug-likeness (QED) is 0.279. The zero-order valence-corrected chi connectivity index (χ0v) is 16.5. The molecule has 0 amide bonds. The van der Waals surface area contributed by atoms with Crippen LogP contribution >= 0.6 is 24.0 Å². The van der Waals surface area contributed by atoms with E-state index in [2.05, 4.69) is 34.4 Å². The summed E-state index contributed by atoms with van der Waals surface area (Å²) in [6, 6.07) is 0.792. The molecule has 0 aromatic carbocycles. The zero-order chi connectivity index (χ0) is 14.6. The van der Waals surface area contributed by atoms with E-state index in [9.17, 15) is 0 Å². The van der Waals surface area contributed by atoms with Crippen LogP contribution in [-0.2, 0) is 0 Å². The van der Waals surface area contributed by atoms with Crippen LogP contribution in [0.25, 0.3) is 0 Å². The highest BCUT2D eigenvalue weighted by atomic mass is 127. The molecular formula is C16H35IN4. The summed E-state index contributed by atoms with van der Waals surface area (Å²) in [4.78, 5) is 6.89. The van der Waals surface area contributed by atoms with Crippen LogP contribution in [0.1, 0.15) is 58.8 Å². The first-order chi connectivity index (χ1) is 9.77. The Kier molecular flexibility index (Phi) is 13.6. The highest BCUT2D eigenvalue weighted by Crippen LogP contribution is 2.16. The topological polar surface area (TPSA) is 39.7 Å². The fourth-order valence-corrected chi connectivity index (χ4v) is 2.74. The number of nitrogens with one attached hydrogen (secondary N) is 2. The van der Waals surface area contributed by atoms with Gasteiger partial charge in [-0.25, -0.2) is 0 Å². The average Bonchev–Trinajstić information content (AvgIpc) is 2.47. The van der Waals surface area contributed by atoms with Gasteiger partial charge in [-0.2, -0.15) is 0 Å². The first-order valence-electron chi connectivity index (χ1n) is 8.46. The molecule has 1 fully saturated rings. The van der Waals surface area contributed by atoms with Crippen LogP contribution in [-0.4, -0.2) is 50.1 Å². The Labute approximate surface area is 148 Å². The van der Waals surface area contributed by atoms with Crippen molar-refractivity contribution in [2.45, 2.75) is 64.8 Å². The Hall–Kier alpha value is -0.0400. The van der Waals surface area contributed by atoms with Gasteiger partial charge in [-0.1, -0.05) is 19.8 Å². The number of unbranched alkanes of at least 4 members (excludes halogenated alkanes) is 2. The van der Waals surface area contributed by atoms with Gasteiger partial charge in [0.05, 0.1) is 0 Å². The van der Waals surface area contributed by atoms with Crippen molar-refractivity contribution in [2.75, 3.05) is 33.2 Å². The van der Waals surface area contributed by atoms with Gasteiger partial charge in [-0.3, -0.25) is 4.99 Å². The smallest absolute Gasteiger partial charge is 0.190 e. The van der Waals surface area contributed by atoms with Crippen molar-refractivity contribution in [3.63, 3.8) is 0 Å². The third-order valence-electron chi connectivity index (χ3n) is 4.15. The van der Waals surface area contributed by atoms with E-state index in [4.69, 9.17) is 0 Å². The van der Waals surface area contributed by atoms with Gasteiger partial charge in [0.2, 0.25) is 0 Å². The van der Waals surface area contributed by atoms with Gasteiger partial charge >= 0.3 is 0 Å². The Morgan fingerprint density at radius 1 is 1.14 bits per heavy atom. The van der Waals surface area contributed by atoms with Gasteiger partial charge in [0.15, 0.2) is 5.96 Å². The van der Waals surface area contributed by atoms with Crippen molar-refractivity contribution in [3.05, 3.63) is 0 Å². The Balaban J connectivity index is 0.00000400. The maximum absolute atomic E-state index is 4.24. The number of guanidine groups is 1. The minimum absolute atomic E-state index is 0. The van der Waals surface area contributed by atoms with Crippen molar-refractivity contribution in [2.24, 2.45) is 4.99 Å². The molecule has 0 spiro atoms. The highest BCUT2D eigenvalue weighted by Gasteiger charge is 2.16. The molecule has 0 aromatic heterocycles. The van der Waals surface area contributed by atoms with E-state index in [0.717, 1.165) is 25.1 Å². The molecule has 21 heavy (non-hydrogen) atoms. The van der Waals surface area contributed by atoms with Crippen LogP contribution in [0.2, 0.25) is 0 Å². The monoisotopic (exact) mass is 410 g/mol. The third-order valence-corrected chi connectivity index (χ3v) is 4.15. The Morgan fingerprint density at radius 2 is 1.86 bits per heavy atom. The van der Waals surface area contributed by atoms with E-state index in [-0.39, 0.29) is 24.0 Å². The molecule has 1 atom stereocenters. The number of hydrogen-bond acceptors (Lipinski definition) is 2. The summed E-state index contributed by atoms with van der Waals surface area (Å²) in [5.74, 6) is 0.949. The van der Waals surface area contributed by atoms with Gasteiger partial charge in [0, 0.05) is 26.2 Å². The lowest BCUT2D eigenvalue weighted by atomic mass is 10.0. The largest absolute Gasteiger partial charge is 0.356 e. The minimum atomic E-state index is 0. The molecular weight excluding hydrogens is 375 g/mol. The first kappa shape index (κ1) is 21.0. The predicted octanol–water partition coefficient (Wildman–Crippen LogP) is 3.22. The van der Waals surface area contributed by atoms with E-state index in [1.54, 1.807) is 0 Å². The molecule has 0 radical (unpaired) electrons. The summed E-state index contributed by atoms with van der Waals surface area (Å²) >= 11 is 0. The maximum atomic E-state index is 4.24. The predicted molar refractivity (Wildman–Crippen MR) is 104 cm³/mol. The van der Waals surface area contributed by atoms with Crippen LogP contribution in [0.4, 0.5) is 0 Å². The van der Waals surface area contributed by atoms with Crippen molar-refractivity contribution >= 4 is 29.9 Å². The number of halogens is 1. The molecule has 1 saturated heterocycles. The van der Waals surface area contributed by atoms with Crippen LogP contribution in [0.15, 0.2) is 4.99 Å². The maximum Gasteiger partial charge on any atom is 0.190 e. The molecule has 1 aliphatic rings. The SMILES string of the molecule is CCCCNC(=NC)NCCCCN1CCCCC1C.I. The molecule has 1 unspecified atom stereocenters.